The van der Waals surface area contributed by atoms with Crippen molar-refractivity contribution in [2.75, 3.05) is 19.6 Å². The third kappa shape index (κ3) is 7.93. The van der Waals surface area contributed by atoms with Crippen LogP contribution in [0.3, 0.4) is 0 Å². The van der Waals surface area contributed by atoms with Crippen molar-refractivity contribution in [3.63, 3.8) is 0 Å². The summed E-state index contributed by atoms with van der Waals surface area (Å²) in [6, 6.07) is 0.554. The number of nitrogens with one attached hydrogen (secondary N) is 1. The zero-order valence-corrected chi connectivity index (χ0v) is 15.3. The second-order valence-electron chi connectivity index (χ2n) is 7.60. The van der Waals surface area contributed by atoms with E-state index in [2.05, 4.69) is 33.0 Å². The molecule has 0 spiro atoms. The molecule has 1 heterocycles. The molecule has 2 atom stereocenters. The molecule has 134 valence electrons. The van der Waals surface area contributed by atoms with Crippen LogP contribution in [0, 0.1) is 11.8 Å². The number of amides is 1. The zero-order valence-electron chi connectivity index (χ0n) is 15.3. The third-order valence-corrected chi connectivity index (χ3v) is 4.55. The number of carbonyl (C=O) groups excluding carboxylic acids is 2. The smallest absolute Gasteiger partial charge is 0.223 e. The summed E-state index contributed by atoms with van der Waals surface area (Å²) in [6.07, 6.45) is 3.50. The van der Waals surface area contributed by atoms with Crippen LogP contribution in [0.1, 0.15) is 59.8 Å². The van der Waals surface area contributed by atoms with Gasteiger partial charge in [-0.15, -0.1) is 0 Å². The lowest BCUT2D eigenvalue weighted by Gasteiger charge is -2.28. The lowest BCUT2D eigenvalue weighted by atomic mass is 9.92. The minimum Gasteiger partial charge on any atom is -0.342 e. The van der Waals surface area contributed by atoms with Crippen molar-refractivity contribution in [1.29, 1.82) is 0 Å². The van der Waals surface area contributed by atoms with Gasteiger partial charge in [-0.05, 0) is 24.7 Å². The van der Waals surface area contributed by atoms with E-state index in [0.29, 0.717) is 56.8 Å². The molecule has 2 unspecified atom stereocenters. The molecule has 0 aromatic carbocycles. The number of nitrogens with zero attached hydrogens (tertiary/aromatic N) is 1. The van der Waals surface area contributed by atoms with Crippen LogP contribution in [0.15, 0.2) is 0 Å². The Hall–Kier alpha value is -0.940. The van der Waals surface area contributed by atoms with Crippen molar-refractivity contribution >= 4 is 11.7 Å². The normalized spacial score (nSPS) is 18.6. The fourth-order valence-electron chi connectivity index (χ4n) is 3.15. The molecule has 5 heteroatoms. The summed E-state index contributed by atoms with van der Waals surface area (Å²) in [5, 5.41) is 3.51. The first-order valence-electron chi connectivity index (χ1n) is 9.08. The Morgan fingerprint density at radius 2 is 1.78 bits per heavy atom. The second kappa shape index (κ2) is 10.0. The largest absolute Gasteiger partial charge is 0.342 e. The Bertz CT molecular complexity index is 372. The molecule has 0 aromatic heterocycles. The lowest BCUT2D eigenvalue weighted by Crippen LogP contribution is -2.43. The highest BCUT2D eigenvalue weighted by Crippen LogP contribution is 2.13. The maximum Gasteiger partial charge on any atom is 0.223 e. The van der Waals surface area contributed by atoms with Crippen molar-refractivity contribution in [2.45, 2.75) is 71.9 Å². The molecule has 1 aliphatic heterocycles. The third-order valence-electron chi connectivity index (χ3n) is 4.55. The standard InChI is InChI=1S/C18H35N3O2/c1-13(2)11-15(19)12-17(14(3)4)20-8-5-18(23)21-9-6-16(22)7-10-21/h13-15,17,20H,5-12,19H2,1-4H3. The second-order valence-corrected chi connectivity index (χ2v) is 7.60. The Kier molecular flexibility index (Phi) is 8.77. The number of piperidine rings is 1. The number of carbonyl (C=O) groups is 2. The van der Waals surface area contributed by atoms with E-state index < -0.39 is 0 Å². The molecule has 0 aromatic rings. The topological polar surface area (TPSA) is 75.4 Å². The minimum absolute atomic E-state index is 0.152. The van der Waals surface area contributed by atoms with E-state index in [-0.39, 0.29) is 17.7 Å². The maximum atomic E-state index is 12.2. The van der Waals surface area contributed by atoms with Crippen molar-refractivity contribution in [3.8, 4) is 0 Å². The van der Waals surface area contributed by atoms with Crippen molar-refractivity contribution < 1.29 is 9.59 Å². The quantitative estimate of drug-likeness (QED) is 0.679. The van der Waals surface area contributed by atoms with E-state index in [1.54, 1.807) is 0 Å². The van der Waals surface area contributed by atoms with E-state index in [9.17, 15) is 9.59 Å². The van der Waals surface area contributed by atoms with Crippen LogP contribution in [-0.4, -0.2) is 48.3 Å². The van der Waals surface area contributed by atoms with Crippen molar-refractivity contribution in [2.24, 2.45) is 17.6 Å². The molecule has 0 aliphatic carbocycles. The van der Waals surface area contributed by atoms with Crippen LogP contribution >= 0.6 is 0 Å². The average Bonchev–Trinajstić information content (AvgIpc) is 2.45. The summed E-state index contributed by atoms with van der Waals surface area (Å²) in [5.41, 5.74) is 6.23. The first-order chi connectivity index (χ1) is 10.8. The Balaban J connectivity index is 2.32. The number of hydrogen-bond donors (Lipinski definition) is 2. The molecule has 1 rings (SSSR count). The van der Waals surface area contributed by atoms with E-state index in [1.807, 2.05) is 4.90 Å². The fraction of sp³-hybridized carbons (Fsp3) is 0.889. The van der Waals surface area contributed by atoms with Gasteiger partial charge in [0.15, 0.2) is 0 Å². The van der Waals surface area contributed by atoms with E-state index in [4.69, 9.17) is 5.73 Å². The highest BCUT2D eigenvalue weighted by Gasteiger charge is 2.21. The van der Waals surface area contributed by atoms with Gasteiger partial charge in [0.1, 0.15) is 5.78 Å². The highest BCUT2D eigenvalue weighted by molar-refractivity contribution is 5.83. The first-order valence-corrected chi connectivity index (χ1v) is 9.08. The predicted octanol–water partition coefficient (Wildman–Crippen LogP) is 1.95. The summed E-state index contributed by atoms with van der Waals surface area (Å²) in [5.74, 6) is 1.53. The summed E-state index contributed by atoms with van der Waals surface area (Å²) < 4.78 is 0. The Labute approximate surface area is 141 Å². The van der Waals surface area contributed by atoms with Crippen LogP contribution in [-0.2, 0) is 9.59 Å². The fourth-order valence-corrected chi connectivity index (χ4v) is 3.15. The molecule has 1 saturated heterocycles. The average molecular weight is 325 g/mol. The van der Waals surface area contributed by atoms with Crippen molar-refractivity contribution in [1.82, 2.24) is 10.2 Å². The molecule has 23 heavy (non-hydrogen) atoms. The minimum atomic E-state index is 0.152. The van der Waals surface area contributed by atoms with E-state index in [0.717, 1.165) is 12.8 Å². The number of nitrogens with two attached hydrogens (primary N) is 1. The molecule has 0 radical (unpaired) electrons. The van der Waals surface area contributed by atoms with Gasteiger partial charge in [-0.1, -0.05) is 27.7 Å². The molecule has 5 nitrogen and oxygen atoms in total. The van der Waals surface area contributed by atoms with Gasteiger partial charge >= 0.3 is 0 Å². The number of hydrogen-bond acceptors (Lipinski definition) is 4. The number of likely N-dealkylation sites (tertiary alicyclic amines) is 1. The highest BCUT2D eigenvalue weighted by atomic mass is 16.2. The summed E-state index contributed by atoms with van der Waals surface area (Å²) in [4.78, 5) is 25.2. The van der Waals surface area contributed by atoms with Crippen LogP contribution < -0.4 is 11.1 Å². The molecular formula is C18H35N3O2. The van der Waals surface area contributed by atoms with Gasteiger partial charge in [-0.25, -0.2) is 0 Å². The molecule has 1 fully saturated rings. The van der Waals surface area contributed by atoms with Crippen molar-refractivity contribution in [3.05, 3.63) is 0 Å². The summed E-state index contributed by atoms with van der Waals surface area (Å²) in [7, 11) is 0. The number of ketones is 1. The summed E-state index contributed by atoms with van der Waals surface area (Å²) in [6.45, 7) is 10.6. The van der Waals surface area contributed by atoms with Gasteiger partial charge in [0.2, 0.25) is 5.91 Å². The molecule has 3 N–H and O–H groups in total. The maximum absolute atomic E-state index is 12.2. The van der Waals surface area contributed by atoms with E-state index >= 15 is 0 Å². The van der Waals surface area contributed by atoms with Crippen LogP contribution in [0.5, 0.6) is 0 Å². The molecule has 1 amide bonds. The monoisotopic (exact) mass is 325 g/mol. The molecule has 0 saturated carbocycles. The molecular weight excluding hydrogens is 290 g/mol. The first kappa shape index (κ1) is 20.1. The molecule has 0 bridgehead atoms. The van der Waals surface area contributed by atoms with Gasteiger partial charge in [-0.2, -0.15) is 0 Å². The SMILES string of the molecule is CC(C)CC(N)CC(NCCC(=O)N1CCC(=O)CC1)C(C)C. The van der Waals surface area contributed by atoms with Gasteiger partial charge in [0.05, 0.1) is 0 Å². The Morgan fingerprint density at radius 3 is 2.30 bits per heavy atom. The van der Waals surface area contributed by atoms with Gasteiger partial charge < -0.3 is 16.0 Å². The number of rotatable bonds is 9. The molecule has 1 aliphatic rings. The van der Waals surface area contributed by atoms with Gasteiger partial charge in [-0.3, -0.25) is 9.59 Å². The van der Waals surface area contributed by atoms with Gasteiger partial charge in [0, 0.05) is 51.0 Å². The predicted molar refractivity (Wildman–Crippen MR) is 94.1 cm³/mol. The van der Waals surface area contributed by atoms with Crippen LogP contribution in [0.4, 0.5) is 0 Å². The Morgan fingerprint density at radius 1 is 1.17 bits per heavy atom. The van der Waals surface area contributed by atoms with Crippen LogP contribution in [0.2, 0.25) is 0 Å². The van der Waals surface area contributed by atoms with Gasteiger partial charge in [0.25, 0.3) is 0 Å². The van der Waals surface area contributed by atoms with Crippen LogP contribution in [0.25, 0.3) is 0 Å². The lowest BCUT2D eigenvalue weighted by molar-refractivity contribution is -0.134. The number of Topliss-reactive ketones (excluding diaryl/α,β-unsaturated/α-hetero) is 1. The zero-order chi connectivity index (χ0) is 17.4. The summed E-state index contributed by atoms with van der Waals surface area (Å²) >= 11 is 0. The van der Waals surface area contributed by atoms with E-state index in [1.165, 1.54) is 0 Å².